The molecular weight excluding hydrogens is 464 g/mol. The number of rotatable bonds is 7. The average molecular weight is 489 g/mol. The number of esters is 1. The number of hydrogen-bond acceptors (Lipinski definition) is 8. The summed E-state index contributed by atoms with van der Waals surface area (Å²) < 4.78 is 34.1. The van der Waals surface area contributed by atoms with E-state index in [0.717, 1.165) is 4.90 Å². The van der Waals surface area contributed by atoms with Crippen molar-refractivity contribution in [2.75, 3.05) is 18.1 Å². The number of fused-ring (bicyclic) bond motifs is 1. The Labute approximate surface area is 196 Å². The maximum atomic E-state index is 12.9. The van der Waals surface area contributed by atoms with Crippen LogP contribution in [0.3, 0.4) is 0 Å². The van der Waals surface area contributed by atoms with Gasteiger partial charge in [0.25, 0.3) is 17.7 Å². The number of sulfone groups is 1. The normalized spacial score (nSPS) is 19.7. The van der Waals surface area contributed by atoms with Crippen molar-refractivity contribution in [3.63, 3.8) is 0 Å². The Hall–Kier alpha value is -3.47. The van der Waals surface area contributed by atoms with Crippen molar-refractivity contribution in [3.05, 3.63) is 59.0 Å². The maximum Gasteiger partial charge on any atom is 0.338 e. The van der Waals surface area contributed by atoms with E-state index in [1.54, 1.807) is 19.1 Å². The van der Waals surface area contributed by atoms with Gasteiger partial charge in [0, 0.05) is 12.6 Å². The van der Waals surface area contributed by atoms with Crippen LogP contribution >= 0.6 is 0 Å². The summed E-state index contributed by atoms with van der Waals surface area (Å²) in [6.07, 6.45) is 0.629. The van der Waals surface area contributed by atoms with E-state index >= 15 is 0 Å². The van der Waals surface area contributed by atoms with Crippen molar-refractivity contribution in [2.24, 2.45) is 0 Å². The van der Waals surface area contributed by atoms with Crippen molar-refractivity contribution < 1.29 is 36.7 Å². The van der Waals surface area contributed by atoms with Gasteiger partial charge in [0.05, 0.1) is 41.0 Å². The van der Waals surface area contributed by atoms with Crippen molar-refractivity contribution in [1.29, 1.82) is 0 Å². The van der Waals surface area contributed by atoms with Crippen LogP contribution in [-0.2, 0) is 25.9 Å². The Kier molecular flexibility index (Phi) is 6.30. The molecule has 2 atom stereocenters. The number of furan rings is 1. The quantitative estimate of drug-likeness (QED) is 0.425. The van der Waals surface area contributed by atoms with E-state index in [1.165, 1.54) is 36.3 Å². The van der Waals surface area contributed by atoms with Crippen molar-refractivity contribution in [1.82, 2.24) is 9.80 Å². The first-order valence-electron chi connectivity index (χ1n) is 10.9. The van der Waals surface area contributed by atoms with Gasteiger partial charge in [-0.15, -0.1) is 0 Å². The van der Waals surface area contributed by atoms with E-state index in [4.69, 9.17) is 9.15 Å². The molecule has 0 aliphatic carbocycles. The van der Waals surface area contributed by atoms with Crippen LogP contribution < -0.4 is 0 Å². The number of amides is 3. The van der Waals surface area contributed by atoms with Gasteiger partial charge in [-0.3, -0.25) is 19.3 Å². The molecule has 3 amide bonds. The fraction of sp³-hybridized carbons (Fsp3) is 0.391. The molecule has 11 heteroatoms. The second-order valence-electron chi connectivity index (χ2n) is 8.26. The lowest BCUT2D eigenvalue weighted by Gasteiger charge is -2.29. The number of hydrogen-bond donors (Lipinski definition) is 0. The van der Waals surface area contributed by atoms with Gasteiger partial charge in [0.2, 0.25) is 0 Å². The van der Waals surface area contributed by atoms with Crippen LogP contribution in [0.4, 0.5) is 0 Å². The van der Waals surface area contributed by atoms with E-state index < -0.39 is 45.7 Å². The van der Waals surface area contributed by atoms with Gasteiger partial charge in [0.1, 0.15) is 5.76 Å². The molecule has 1 fully saturated rings. The second-order valence-corrected chi connectivity index (χ2v) is 10.5. The summed E-state index contributed by atoms with van der Waals surface area (Å²) in [7, 11) is -3.18. The van der Waals surface area contributed by atoms with Crippen LogP contribution in [-0.4, -0.2) is 72.1 Å². The third-order valence-corrected chi connectivity index (χ3v) is 7.76. The highest BCUT2D eigenvalue weighted by atomic mass is 32.2. The molecule has 2 aliphatic rings. The number of likely N-dealkylation sites (N-methyl/N-ethyl adjacent to an activating group) is 1. The third kappa shape index (κ3) is 4.47. The fourth-order valence-electron chi connectivity index (χ4n) is 4.25. The van der Waals surface area contributed by atoms with Crippen LogP contribution in [0, 0.1) is 0 Å². The SMILES string of the molecule is CCN(C(=O)C(C)OC(=O)c1ccc2c(c1)C(=O)N(Cc1ccco1)C2=O)C1CCS(=O)(=O)C1. The van der Waals surface area contributed by atoms with Gasteiger partial charge in [-0.05, 0) is 50.6 Å². The van der Waals surface area contributed by atoms with Gasteiger partial charge < -0.3 is 14.1 Å². The average Bonchev–Trinajstić information content (AvgIpc) is 3.50. The zero-order valence-electron chi connectivity index (χ0n) is 18.7. The van der Waals surface area contributed by atoms with Crippen molar-refractivity contribution >= 4 is 33.5 Å². The molecule has 0 saturated carbocycles. The van der Waals surface area contributed by atoms with Crippen LogP contribution in [0.25, 0.3) is 0 Å². The summed E-state index contributed by atoms with van der Waals surface area (Å²) in [4.78, 5) is 53.4. The standard InChI is InChI=1S/C23H24N2O8S/c1-3-24(16-8-10-34(30,31)13-16)20(26)14(2)33-23(29)15-6-7-18-19(11-15)22(28)25(21(18)27)12-17-5-4-9-32-17/h4-7,9,11,14,16H,3,8,10,12-13H2,1-2H3. The highest BCUT2D eigenvalue weighted by Gasteiger charge is 2.38. The van der Waals surface area contributed by atoms with Crippen LogP contribution in [0.2, 0.25) is 0 Å². The maximum absolute atomic E-state index is 12.9. The molecule has 1 aromatic carbocycles. The Morgan fingerprint density at radius 2 is 1.94 bits per heavy atom. The molecule has 4 rings (SSSR count). The Bertz CT molecular complexity index is 1250. The van der Waals surface area contributed by atoms with Crippen LogP contribution in [0.5, 0.6) is 0 Å². The lowest BCUT2D eigenvalue weighted by Crippen LogP contribution is -2.46. The molecule has 0 spiro atoms. The predicted molar refractivity (Wildman–Crippen MR) is 119 cm³/mol. The van der Waals surface area contributed by atoms with E-state index in [9.17, 15) is 27.6 Å². The Balaban J connectivity index is 1.45. The molecule has 10 nitrogen and oxygen atoms in total. The van der Waals surface area contributed by atoms with Gasteiger partial charge in [-0.2, -0.15) is 0 Å². The third-order valence-electron chi connectivity index (χ3n) is 6.00. The first kappa shape index (κ1) is 23.7. The largest absolute Gasteiger partial charge is 0.467 e. The molecule has 0 radical (unpaired) electrons. The second kappa shape index (κ2) is 9.05. The molecule has 0 bridgehead atoms. The minimum Gasteiger partial charge on any atom is -0.467 e. The molecule has 3 heterocycles. The predicted octanol–water partition coefficient (Wildman–Crippen LogP) is 1.66. The summed E-state index contributed by atoms with van der Waals surface area (Å²) in [5.41, 5.74) is 0.249. The molecule has 1 saturated heterocycles. The minimum atomic E-state index is -3.18. The molecule has 180 valence electrons. The van der Waals surface area contributed by atoms with Crippen molar-refractivity contribution in [3.8, 4) is 0 Å². The number of carbonyl (C=O) groups is 4. The molecule has 2 aromatic rings. The topological polar surface area (TPSA) is 131 Å². The summed E-state index contributed by atoms with van der Waals surface area (Å²) in [5, 5.41) is 0. The van der Waals surface area contributed by atoms with Gasteiger partial charge in [-0.1, -0.05) is 0 Å². The minimum absolute atomic E-state index is 0.0193. The first-order chi connectivity index (χ1) is 16.1. The number of benzene rings is 1. The number of nitrogens with zero attached hydrogens (tertiary/aromatic N) is 2. The summed E-state index contributed by atoms with van der Waals surface area (Å²) in [5.74, 6) is -2.02. The van der Waals surface area contributed by atoms with Gasteiger partial charge in [-0.25, -0.2) is 13.2 Å². The van der Waals surface area contributed by atoms with E-state index in [-0.39, 0.29) is 41.3 Å². The zero-order valence-corrected chi connectivity index (χ0v) is 19.5. The van der Waals surface area contributed by atoms with E-state index in [1.807, 2.05) is 0 Å². The Morgan fingerprint density at radius 3 is 2.56 bits per heavy atom. The van der Waals surface area contributed by atoms with Crippen LogP contribution in [0.15, 0.2) is 41.0 Å². The molecule has 0 N–H and O–H groups in total. The molecule has 2 unspecified atom stereocenters. The monoisotopic (exact) mass is 488 g/mol. The number of imide groups is 1. The molecule has 1 aromatic heterocycles. The molecule has 2 aliphatic heterocycles. The highest BCUT2D eigenvalue weighted by molar-refractivity contribution is 7.91. The summed E-state index contributed by atoms with van der Waals surface area (Å²) >= 11 is 0. The summed E-state index contributed by atoms with van der Waals surface area (Å²) in [6.45, 7) is 3.39. The van der Waals surface area contributed by atoms with Gasteiger partial charge >= 0.3 is 5.97 Å². The zero-order chi connectivity index (χ0) is 24.6. The molecule has 34 heavy (non-hydrogen) atoms. The lowest BCUT2D eigenvalue weighted by molar-refractivity contribution is -0.141. The Morgan fingerprint density at radius 1 is 1.21 bits per heavy atom. The van der Waals surface area contributed by atoms with E-state index in [0.29, 0.717) is 12.2 Å². The number of ether oxygens (including phenoxy) is 1. The summed E-state index contributed by atoms with van der Waals surface area (Å²) in [6, 6.07) is 6.86. The van der Waals surface area contributed by atoms with Crippen LogP contribution in [0.1, 0.15) is 57.1 Å². The first-order valence-corrected chi connectivity index (χ1v) is 12.7. The fourth-order valence-corrected chi connectivity index (χ4v) is 5.98. The highest BCUT2D eigenvalue weighted by Crippen LogP contribution is 2.26. The van der Waals surface area contributed by atoms with E-state index in [2.05, 4.69) is 0 Å². The smallest absolute Gasteiger partial charge is 0.338 e. The van der Waals surface area contributed by atoms with Gasteiger partial charge in [0.15, 0.2) is 15.9 Å². The number of carbonyl (C=O) groups excluding carboxylic acids is 4. The lowest BCUT2D eigenvalue weighted by atomic mass is 10.1. The van der Waals surface area contributed by atoms with Crippen molar-refractivity contribution in [2.45, 2.75) is 39.0 Å². The molecular formula is C23H24N2O8S.